The molecule has 3 rings (SSSR count). The molecule has 0 atom stereocenters. The summed E-state index contributed by atoms with van der Waals surface area (Å²) in [4.78, 5) is 27.8. The van der Waals surface area contributed by atoms with Crippen LogP contribution in [-0.2, 0) is 13.1 Å². The van der Waals surface area contributed by atoms with E-state index in [1.807, 2.05) is 54.9 Å². The van der Waals surface area contributed by atoms with E-state index in [2.05, 4.69) is 21.9 Å². The summed E-state index contributed by atoms with van der Waals surface area (Å²) in [5, 5.41) is 0. The molecule has 26 heavy (non-hydrogen) atoms. The molecule has 0 radical (unpaired) electrons. The van der Waals surface area contributed by atoms with Gasteiger partial charge in [-0.2, -0.15) is 0 Å². The monoisotopic (exact) mass is 349 g/mol. The number of aromatic nitrogens is 4. The van der Waals surface area contributed by atoms with E-state index in [1.54, 1.807) is 18.1 Å². The van der Waals surface area contributed by atoms with Crippen LogP contribution in [0.3, 0.4) is 0 Å². The van der Waals surface area contributed by atoms with Crippen molar-refractivity contribution < 1.29 is 4.79 Å². The Balaban J connectivity index is 1.84. The van der Waals surface area contributed by atoms with Crippen LogP contribution in [0.4, 0.5) is 0 Å². The molecule has 3 aromatic rings. The lowest BCUT2D eigenvalue weighted by atomic mass is 10.1. The minimum absolute atomic E-state index is 0.0538. The van der Waals surface area contributed by atoms with Gasteiger partial charge in [0.05, 0.1) is 6.54 Å². The molecule has 0 bridgehead atoms. The number of rotatable bonds is 5. The van der Waals surface area contributed by atoms with Crippen molar-refractivity contribution in [3.05, 3.63) is 65.5 Å². The summed E-state index contributed by atoms with van der Waals surface area (Å²) in [5.41, 5.74) is 3.27. The average molecular weight is 349 g/mol. The first-order chi connectivity index (χ1) is 12.5. The number of amides is 1. The highest BCUT2D eigenvalue weighted by Gasteiger charge is 2.15. The number of aryl methyl sites for hydroxylation is 3. The largest absolute Gasteiger partial charge is 0.334 e. The Bertz CT molecular complexity index is 911. The molecule has 2 heterocycles. The lowest BCUT2D eigenvalue weighted by molar-refractivity contribution is 0.0780. The van der Waals surface area contributed by atoms with Gasteiger partial charge in [-0.3, -0.25) is 4.79 Å². The number of carbonyl (C=O) groups excluding carboxylic acids is 1. The van der Waals surface area contributed by atoms with Crippen molar-refractivity contribution in [2.75, 3.05) is 7.05 Å². The van der Waals surface area contributed by atoms with Crippen molar-refractivity contribution in [3.63, 3.8) is 0 Å². The maximum atomic E-state index is 12.8. The molecule has 0 aliphatic rings. The van der Waals surface area contributed by atoms with Gasteiger partial charge in [0.25, 0.3) is 5.91 Å². The van der Waals surface area contributed by atoms with E-state index in [4.69, 9.17) is 0 Å². The number of carbonyl (C=O) groups is 1. The zero-order chi connectivity index (χ0) is 18.7. The van der Waals surface area contributed by atoms with E-state index < -0.39 is 0 Å². The van der Waals surface area contributed by atoms with Crippen molar-refractivity contribution in [2.24, 2.45) is 0 Å². The van der Waals surface area contributed by atoms with E-state index in [0.29, 0.717) is 17.9 Å². The molecule has 0 fully saturated rings. The zero-order valence-corrected chi connectivity index (χ0v) is 15.6. The Labute approximate surface area is 153 Å². The molecule has 0 saturated heterocycles. The molecule has 0 unspecified atom stereocenters. The minimum atomic E-state index is -0.0538. The van der Waals surface area contributed by atoms with Crippen molar-refractivity contribution in [3.8, 4) is 11.4 Å². The first-order valence-corrected chi connectivity index (χ1v) is 8.66. The fourth-order valence-corrected chi connectivity index (χ4v) is 2.93. The minimum Gasteiger partial charge on any atom is -0.334 e. The molecular formula is C20H23N5O. The Morgan fingerprint density at radius 3 is 2.58 bits per heavy atom. The van der Waals surface area contributed by atoms with E-state index in [9.17, 15) is 4.79 Å². The van der Waals surface area contributed by atoms with E-state index in [-0.39, 0.29) is 5.91 Å². The smallest absolute Gasteiger partial charge is 0.254 e. The van der Waals surface area contributed by atoms with Gasteiger partial charge in [0.15, 0.2) is 5.82 Å². The van der Waals surface area contributed by atoms with Crippen LogP contribution in [0.5, 0.6) is 0 Å². The predicted octanol–water partition coefficient (Wildman–Crippen LogP) is 3.25. The van der Waals surface area contributed by atoms with Crippen LogP contribution in [0.2, 0.25) is 0 Å². The van der Waals surface area contributed by atoms with Crippen LogP contribution in [0.1, 0.15) is 34.5 Å². The van der Waals surface area contributed by atoms with Crippen molar-refractivity contribution in [1.82, 2.24) is 24.4 Å². The number of hydrogen-bond donors (Lipinski definition) is 0. The van der Waals surface area contributed by atoms with Gasteiger partial charge >= 0.3 is 0 Å². The van der Waals surface area contributed by atoms with Gasteiger partial charge in [0.1, 0.15) is 5.82 Å². The summed E-state index contributed by atoms with van der Waals surface area (Å²) >= 11 is 0. The zero-order valence-electron chi connectivity index (χ0n) is 15.6. The molecule has 2 aromatic heterocycles. The molecule has 1 aromatic carbocycles. The summed E-state index contributed by atoms with van der Waals surface area (Å²) in [5.74, 6) is 1.46. The second-order valence-electron chi connectivity index (χ2n) is 6.35. The maximum Gasteiger partial charge on any atom is 0.254 e. The Kier molecular flexibility index (Phi) is 5.11. The quantitative estimate of drug-likeness (QED) is 0.709. The van der Waals surface area contributed by atoms with E-state index in [0.717, 1.165) is 29.3 Å². The van der Waals surface area contributed by atoms with Crippen LogP contribution in [0.25, 0.3) is 11.4 Å². The normalized spacial score (nSPS) is 10.8. The maximum absolute atomic E-state index is 12.8. The second-order valence-corrected chi connectivity index (χ2v) is 6.35. The summed E-state index contributed by atoms with van der Waals surface area (Å²) in [7, 11) is 1.79. The Morgan fingerprint density at radius 2 is 1.88 bits per heavy atom. The van der Waals surface area contributed by atoms with Gasteiger partial charge < -0.3 is 9.47 Å². The number of hydrogen-bond acceptors (Lipinski definition) is 4. The van der Waals surface area contributed by atoms with Crippen LogP contribution < -0.4 is 0 Å². The topological polar surface area (TPSA) is 63.9 Å². The first kappa shape index (κ1) is 17.8. The first-order valence-electron chi connectivity index (χ1n) is 8.66. The third-order valence-corrected chi connectivity index (χ3v) is 4.22. The standard InChI is InChI=1S/C20H23N5O/c1-5-25-10-9-21-18(25)13-24(4)20(26)17-8-6-7-16(12-17)19-22-14(2)11-15(3)23-19/h6-12H,5,13H2,1-4H3. The van der Waals surface area contributed by atoms with Gasteiger partial charge in [-0.25, -0.2) is 15.0 Å². The summed E-state index contributed by atoms with van der Waals surface area (Å²) in [6.45, 7) is 7.23. The van der Waals surface area contributed by atoms with Crippen molar-refractivity contribution in [1.29, 1.82) is 0 Å². The van der Waals surface area contributed by atoms with Gasteiger partial charge in [-0.05, 0) is 39.0 Å². The van der Waals surface area contributed by atoms with Gasteiger partial charge in [0, 0.05) is 48.5 Å². The number of nitrogens with zero attached hydrogens (tertiary/aromatic N) is 5. The third kappa shape index (κ3) is 3.79. The molecular weight excluding hydrogens is 326 g/mol. The Morgan fingerprint density at radius 1 is 1.15 bits per heavy atom. The molecule has 134 valence electrons. The molecule has 0 aliphatic heterocycles. The number of imidazole rings is 1. The fraction of sp³-hybridized carbons (Fsp3) is 0.300. The molecule has 0 saturated carbocycles. The third-order valence-electron chi connectivity index (χ3n) is 4.22. The molecule has 6 nitrogen and oxygen atoms in total. The highest BCUT2D eigenvalue weighted by atomic mass is 16.2. The van der Waals surface area contributed by atoms with Gasteiger partial charge in [0.2, 0.25) is 0 Å². The van der Waals surface area contributed by atoms with Crippen LogP contribution in [0.15, 0.2) is 42.7 Å². The SMILES string of the molecule is CCn1ccnc1CN(C)C(=O)c1cccc(-c2nc(C)cc(C)n2)c1. The average Bonchev–Trinajstić information content (AvgIpc) is 3.07. The van der Waals surface area contributed by atoms with Gasteiger partial charge in [-0.15, -0.1) is 0 Å². The van der Waals surface area contributed by atoms with E-state index >= 15 is 0 Å². The number of benzene rings is 1. The Hall–Kier alpha value is -3.02. The van der Waals surface area contributed by atoms with Crippen molar-refractivity contribution >= 4 is 5.91 Å². The predicted molar refractivity (Wildman–Crippen MR) is 101 cm³/mol. The fourth-order valence-electron chi connectivity index (χ4n) is 2.93. The summed E-state index contributed by atoms with van der Waals surface area (Å²) in [6.07, 6.45) is 3.68. The highest BCUT2D eigenvalue weighted by Crippen LogP contribution is 2.19. The molecule has 1 amide bonds. The second kappa shape index (κ2) is 7.47. The van der Waals surface area contributed by atoms with Crippen LogP contribution in [0, 0.1) is 13.8 Å². The molecule has 0 aliphatic carbocycles. The lowest BCUT2D eigenvalue weighted by Crippen LogP contribution is -2.27. The van der Waals surface area contributed by atoms with Gasteiger partial charge in [-0.1, -0.05) is 12.1 Å². The van der Waals surface area contributed by atoms with E-state index in [1.165, 1.54) is 0 Å². The summed E-state index contributed by atoms with van der Waals surface area (Å²) < 4.78 is 2.03. The van der Waals surface area contributed by atoms with Crippen molar-refractivity contribution in [2.45, 2.75) is 33.9 Å². The lowest BCUT2D eigenvalue weighted by Gasteiger charge is -2.18. The molecule has 0 N–H and O–H groups in total. The highest BCUT2D eigenvalue weighted by molar-refractivity contribution is 5.95. The molecule has 6 heteroatoms. The summed E-state index contributed by atoms with van der Waals surface area (Å²) in [6, 6.07) is 9.39. The van der Waals surface area contributed by atoms with Crippen LogP contribution in [-0.4, -0.2) is 37.4 Å². The van der Waals surface area contributed by atoms with Crippen LogP contribution >= 0.6 is 0 Å². The molecule has 0 spiro atoms.